The third-order valence-electron chi connectivity index (χ3n) is 3.18. The van der Waals surface area contributed by atoms with Crippen molar-refractivity contribution in [3.8, 4) is 0 Å². The van der Waals surface area contributed by atoms with Crippen LogP contribution in [0.4, 0.5) is 0 Å². The molecule has 0 heterocycles. The second-order valence-corrected chi connectivity index (χ2v) is 3.77. The lowest BCUT2D eigenvalue weighted by atomic mass is 9.70. The molecule has 1 aromatic rings. The number of rotatable bonds is 0. The summed E-state index contributed by atoms with van der Waals surface area (Å²) in [5.41, 5.74) is 4.83. The molecular formula is C12H12. The lowest BCUT2D eigenvalue weighted by molar-refractivity contribution is 0.548. The molecule has 2 aliphatic rings. The highest BCUT2D eigenvalue weighted by atomic mass is 14.3. The SMILES string of the molecule is C1=C2CCC2c2ccccc2C1. The molecule has 2 aliphatic carbocycles. The van der Waals surface area contributed by atoms with Crippen molar-refractivity contribution in [2.45, 2.75) is 25.2 Å². The first-order chi connectivity index (χ1) is 5.95. The summed E-state index contributed by atoms with van der Waals surface area (Å²) in [6.07, 6.45) is 6.32. The fourth-order valence-corrected chi connectivity index (χ4v) is 2.36. The van der Waals surface area contributed by atoms with E-state index in [1.54, 1.807) is 16.7 Å². The maximum Gasteiger partial charge on any atom is 0.00541 e. The van der Waals surface area contributed by atoms with Crippen LogP contribution in [0, 0.1) is 0 Å². The fraction of sp³-hybridized carbons (Fsp3) is 0.333. The standard InChI is InChI=1S/C12H12/c1-2-4-11-9(3-1)5-6-10-7-8-12(10)11/h1-4,6,12H,5,7-8H2. The number of hydrogen-bond donors (Lipinski definition) is 0. The van der Waals surface area contributed by atoms with E-state index in [1.807, 2.05) is 0 Å². The van der Waals surface area contributed by atoms with Crippen LogP contribution in [0.25, 0.3) is 0 Å². The van der Waals surface area contributed by atoms with Crippen molar-refractivity contribution in [3.05, 3.63) is 47.0 Å². The van der Waals surface area contributed by atoms with Gasteiger partial charge in [0.25, 0.3) is 0 Å². The smallest absolute Gasteiger partial charge is 0.00541 e. The van der Waals surface area contributed by atoms with E-state index in [0.717, 1.165) is 5.92 Å². The Morgan fingerprint density at radius 3 is 2.92 bits per heavy atom. The van der Waals surface area contributed by atoms with E-state index in [1.165, 1.54) is 19.3 Å². The topological polar surface area (TPSA) is 0 Å². The van der Waals surface area contributed by atoms with Gasteiger partial charge in [-0.3, -0.25) is 0 Å². The molecule has 60 valence electrons. The summed E-state index contributed by atoms with van der Waals surface area (Å²) < 4.78 is 0. The molecule has 12 heavy (non-hydrogen) atoms. The number of benzene rings is 1. The molecule has 0 saturated heterocycles. The zero-order chi connectivity index (χ0) is 7.97. The van der Waals surface area contributed by atoms with Crippen LogP contribution in [0.2, 0.25) is 0 Å². The zero-order valence-corrected chi connectivity index (χ0v) is 7.09. The van der Waals surface area contributed by atoms with Crippen LogP contribution in [-0.2, 0) is 6.42 Å². The van der Waals surface area contributed by atoms with Gasteiger partial charge in [0.15, 0.2) is 0 Å². The van der Waals surface area contributed by atoms with Crippen LogP contribution in [-0.4, -0.2) is 0 Å². The summed E-state index contributed by atoms with van der Waals surface area (Å²) in [6.45, 7) is 0. The van der Waals surface area contributed by atoms with Gasteiger partial charge in [-0.05, 0) is 30.4 Å². The Bertz CT molecular complexity index is 347. The van der Waals surface area contributed by atoms with Crippen LogP contribution in [0.15, 0.2) is 35.9 Å². The lowest BCUT2D eigenvalue weighted by Crippen LogP contribution is -2.18. The van der Waals surface area contributed by atoms with Crippen LogP contribution in [0.5, 0.6) is 0 Å². The second-order valence-electron chi connectivity index (χ2n) is 3.77. The largest absolute Gasteiger partial charge is 0.0803 e. The quantitative estimate of drug-likeness (QED) is 0.506. The summed E-state index contributed by atoms with van der Waals surface area (Å²) >= 11 is 0. The van der Waals surface area contributed by atoms with E-state index in [4.69, 9.17) is 0 Å². The summed E-state index contributed by atoms with van der Waals surface area (Å²) in [5, 5.41) is 0. The molecule has 0 N–H and O–H groups in total. The van der Waals surface area contributed by atoms with E-state index < -0.39 is 0 Å². The Hall–Kier alpha value is -1.04. The van der Waals surface area contributed by atoms with E-state index in [9.17, 15) is 0 Å². The molecule has 0 nitrogen and oxygen atoms in total. The maximum absolute atomic E-state index is 2.43. The van der Waals surface area contributed by atoms with Crippen LogP contribution in [0.1, 0.15) is 29.9 Å². The maximum atomic E-state index is 2.43. The Morgan fingerprint density at radius 1 is 1.17 bits per heavy atom. The second kappa shape index (κ2) is 2.22. The van der Waals surface area contributed by atoms with Crippen molar-refractivity contribution >= 4 is 0 Å². The molecule has 0 heteroatoms. The highest BCUT2D eigenvalue weighted by Gasteiger charge is 2.29. The lowest BCUT2D eigenvalue weighted by Gasteiger charge is -2.35. The molecular weight excluding hydrogens is 144 g/mol. The van der Waals surface area contributed by atoms with Crippen molar-refractivity contribution in [1.29, 1.82) is 0 Å². The Morgan fingerprint density at radius 2 is 2.08 bits per heavy atom. The van der Waals surface area contributed by atoms with E-state index in [-0.39, 0.29) is 0 Å². The van der Waals surface area contributed by atoms with Gasteiger partial charge in [0, 0.05) is 5.92 Å². The van der Waals surface area contributed by atoms with E-state index >= 15 is 0 Å². The average molecular weight is 156 g/mol. The average Bonchev–Trinajstić information content (AvgIpc) is 2.05. The predicted octanol–water partition coefficient (Wildman–Crippen LogP) is 3.05. The molecule has 1 saturated carbocycles. The molecule has 1 atom stereocenters. The predicted molar refractivity (Wildman–Crippen MR) is 50.2 cm³/mol. The van der Waals surface area contributed by atoms with Gasteiger partial charge in [-0.2, -0.15) is 0 Å². The number of fused-ring (bicyclic) bond motifs is 3. The van der Waals surface area contributed by atoms with E-state index in [2.05, 4.69) is 30.3 Å². The Balaban J connectivity index is 2.14. The first kappa shape index (κ1) is 6.47. The van der Waals surface area contributed by atoms with Crippen LogP contribution >= 0.6 is 0 Å². The van der Waals surface area contributed by atoms with Crippen molar-refractivity contribution in [3.63, 3.8) is 0 Å². The molecule has 1 fully saturated rings. The molecule has 1 unspecified atom stereocenters. The van der Waals surface area contributed by atoms with Gasteiger partial charge in [0.1, 0.15) is 0 Å². The third-order valence-corrected chi connectivity index (χ3v) is 3.18. The monoisotopic (exact) mass is 156 g/mol. The first-order valence-corrected chi connectivity index (χ1v) is 4.72. The molecule has 3 rings (SSSR count). The van der Waals surface area contributed by atoms with Gasteiger partial charge in [0.05, 0.1) is 0 Å². The Kier molecular flexibility index (Phi) is 1.20. The summed E-state index contributed by atoms with van der Waals surface area (Å²) in [7, 11) is 0. The highest BCUT2D eigenvalue weighted by Crippen LogP contribution is 2.45. The summed E-state index contributed by atoms with van der Waals surface area (Å²) in [4.78, 5) is 0. The highest BCUT2D eigenvalue weighted by molar-refractivity contribution is 5.44. The van der Waals surface area contributed by atoms with Crippen LogP contribution in [0.3, 0.4) is 0 Å². The molecule has 0 aromatic heterocycles. The molecule has 1 aromatic carbocycles. The van der Waals surface area contributed by atoms with Crippen molar-refractivity contribution in [1.82, 2.24) is 0 Å². The normalized spacial score (nSPS) is 25.0. The van der Waals surface area contributed by atoms with Crippen molar-refractivity contribution in [2.75, 3.05) is 0 Å². The molecule has 0 bridgehead atoms. The fourth-order valence-electron chi connectivity index (χ4n) is 2.36. The van der Waals surface area contributed by atoms with Crippen molar-refractivity contribution in [2.24, 2.45) is 0 Å². The summed E-state index contributed by atoms with van der Waals surface area (Å²) in [5.74, 6) is 0.801. The van der Waals surface area contributed by atoms with Crippen LogP contribution < -0.4 is 0 Å². The molecule has 0 spiro atoms. The molecule has 0 amide bonds. The zero-order valence-electron chi connectivity index (χ0n) is 7.09. The molecule has 0 aliphatic heterocycles. The minimum Gasteiger partial charge on any atom is -0.0803 e. The van der Waals surface area contributed by atoms with Gasteiger partial charge in [-0.25, -0.2) is 0 Å². The number of allylic oxidation sites excluding steroid dienone is 2. The number of hydrogen-bond acceptors (Lipinski definition) is 0. The van der Waals surface area contributed by atoms with Gasteiger partial charge < -0.3 is 0 Å². The van der Waals surface area contributed by atoms with Gasteiger partial charge in [-0.15, -0.1) is 0 Å². The van der Waals surface area contributed by atoms with E-state index in [0.29, 0.717) is 0 Å². The minimum atomic E-state index is 0.801. The first-order valence-electron chi connectivity index (χ1n) is 4.72. The Labute approximate surface area is 72.9 Å². The van der Waals surface area contributed by atoms with Gasteiger partial charge in [0.2, 0.25) is 0 Å². The van der Waals surface area contributed by atoms with Gasteiger partial charge in [-0.1, -0.05) is 35.9 Å². The minimum absolute atomic E-state index is 0.801. The van der Waals surface area contributed by atoms with Crippen molar-refractivity contribution < 1.29 is 0 Å². The third kappa shape index (κ3) is 0.726. The van der Waals surface area contributed by atoms with Gasteiger partial charge >= 0.3 is 0 Å². The molecule has 0 radical (unpaired) electrons. The summed E-state index contributed by atoms with van der Waals surface area (Å²) in [6, 6.07) is 8.88.